The van der Waals surface area contributed by atoms with Crippen LogP contribution in [0.2, 0.25) is 0 Å². The fraction of sp³-hybridized carbons (Fsp3) is 0.778. The second-order valence-electron chi connectivity index (χ2n) is 6.44. The molecule has 2 saturated heterocycles. The Kier molecular flexibility index (Phi) is 9.84. The maximum Gasteiger partial charge on any atom is 0.169 e. The summed E-state index contributed by atoms with van der Waals surface area (Å²) in [5, 5.41) is 24.8. The van der Waals surface area contributed by atoms with Crippen molar-refractivity contribution in [3.05, 3.63) is 11.4 Å². The van der Waals surface area contributed by atoms with Gasteiger partial charge in [-0.3, -0.25) is 9.80 Å². The molecule has 0 aromatic carbocycles. The predicted molar refractivity (Wildman–Crippen MR) is 98.0 cm³/mol. The third kappa shape index (κ3) is 7.59. The van der Waals surface area contributed by atoms with E-state index in [9.17, 15) is 0 Å². The molecule has 0 unspecified atom stereocenters. The van der Waals surface area contributed by atoms with Gasteiger partial charge in [-0.05, 0) is 25.9 Å². The van der Waals surface area contributed by atoms with Crippen molar-refractivity contribution in [2.24, 2.45) is 0 Å². The van der Waals surface area contributed by atoms with Gasteiger partial charge in [0.2, 0.25) is 0 Å². The Balaban J connectivity index is 1.67. The van der Waals surface area contributed by atoms with E-state index in [1.54, 1.807) is 0 Å². The molecule has 0 radical (unpaired) electrons. The van der Waals surface area contributed by atoms with Crippen LogP contribution in [0, 0.1) is 22.7 Å². The highest BCUT2D eigenvalue weighted by atomic mass is 16.5. The van der Waals surface area contributed by atoms with E-state index in [4.69, 9.17) is 20.0 Å². The minimum absolute atomic E-state index is 0.114. The van der Waals surface area contributed by atoms with Gasteiger partial charge in [-0.25, -0.2) is 0 Å². The number of ether oxygens (including phenoxy) is 2. The standard InChI is InChI=1S/C18H30N6O2/c19-15-17(16-20)18(21-3-1-5-23-7-11-25-12-8-23)22-4-2-6-24-9-13-26-14-10-24/h21-22H,1-14H2. The maximum atomic E-state index is 9.16. The number of nitrogens with zero attached hydrogens (tertiary/aromatic N) is 4. The first kappa shape index (κ1) is 20.5. The molecule has 144 valence electrons. The lowest BCUT2D eigenvalue weighted by atomic mass is 10.3. The van der Waals surface area contributed by atoms with Crippen LogP contribution in [0.15, 0.2) is 11.4 Å². The summed E-state index contributed by atoms with van der Waals surface area (Å²) in [5.74, 6) is 0.555. The van der Waals surface area contributed by atoms with Crippen molar-refractivity contribution in [2.45, 2.75) is 12.8 Å². The smallest absolute Gasteiger partial charge is 0.169 e. The molecule has 0 saturated carbocycles. The van der Waals surface area contributed by atoms with Crippen LogP contribution in [0.1, 0.15) is 12.8 Å². The highest BCUT2D eigenvalue weighted by molar-refractivity contribution is 5.38. The van der Waals surface area contributed by atoms with E-state index >= 15 is 0 Å². The molecule has 0 spiro atoms. The summed E-state index contributed by atoms with van der Waals surface area (Å²) in [5.41, 5.74) is 0.114. The van der Waals surface area contributed by atoms with Crippen molar-refractivity contribution < 1.29 is 9.47 Å². The van der Waals surface area contributed by atoms with Crippen LogP contribution < -0.4 is 10.6 Å². The Morgan fingerprint density at radius 2 is 1.19 bits per heavy atom. The zero-order valence-corrected chi connectivity index (χ0v) is 15.5. The van der Waals surface area contributed by atoms with Crippen molar-refractivity contribution in [1.29, 1.82) is 10.5 Å². The molecule has 2 rings (SSSR count). The fourth-order valence-electron chi connectivity index (χ4n) is 3.06. The normalized spacial score (nSPS) is 18.5. The molecule has 0 aliphatic carbocycles. The van der Waals surface area contributed by atoms with Crippen LogP contribution >= 0.6 is 0 Å². The highest BCUT2D eigenvalue weighted by Gasteiger charge is 2.11. The lowest BCUT2D eigenvalue weighted by Gasteiger charge is -2.27. The van der Waals surface area contributed by atoms with Crippen LogP contribution in [0.4, 0.5) is 0 Å². The molecule has 8 heteroatoms. The second kappa shape index (κ2) is 12.5. The highest BCUT2D eigenvalue weighted by Crippen LogP contribution is 2.01. The van der Waals surface area contributed by atoms with Gasteiger partial charge in [0.15, 0.2) is 5.57 Å². The second-order valence-corrected chi connectivity index (χ2v) is 6.44. The Hall–Kier alpha value is -1.84. The first-order valence-electron chi connectivity index (χ1n) is 9.46. The number of allylic oxidation sites excluding steroid dienone is 1. The molecule has 0 aromatic heterocycles. The van der Waals surface area contributed by atoms with Crippen LogP contribution in [-0.2, 0) is 9.47 Å². The molecule has 26 heavy (non-hydrogen) atoms. The molecule has 2 N–H and O–H groups in total. The number of morpholine rings is 2. The molecule has 2 aliphatic heterocycles. The zero-order chi connectivity index (χ0) is 18.5. The van der Waals surface area contributed by atoms with E-state index in [1.807, 2.05) is 12.1 Å². The van der Waals surface area contributed by atoms with Crippen molar-refractivity contribution in [2.75, 3.05) is 78.8 Å². The minimum Gasteiger partial charge on any atom is -0.379 e. The van der Waals surface area contributed by atoms with E-state index < -0.39 is 0 Å². The summed E-state index contributed by atoms with van der Waals surface area (Å²) in [6.07, 6.45) is 1.92. The summed E-state index contributed by atoms with van der Waals surface area (Å²) in [6.45, 7) is 10.6. The van der Waals surface area contributed by atoms with E-state index in [2.05, 4.69) is 20.4 Å². The predicted octanol–water partition coefficient (Wildman–Crippen LogP) is -0.131. The van der Waals surface area contributed by atoms with Gasteiger partial charge in [-0.2, -0.15) is 10.5 Å². The molecule has 0 bridgehead atoms. The Bertz CT molecular complexity index is 469. The Labute approximate surface area is 156 Å². The molecule has 0 atom stereocenters. The van der Waals surface area contributed by atoms with Crippen molar-refractivity contribution in [3.8, 4) is 12.1 Å². The van der Waals surface area contributed by atoms with Gasteiger partial charge in [0.05, 0.1) is 26.4 Å². The van der Waals surface area contributed by atoms with Gasteiger partial charge in [-0.15, -0.1) is 0 Å². The fourth-order valence-corrected chi connectivity index (χ4v) is 3.06. The number of hydrogen-bond acceptors (Lipinski definition) is 8. The van der Waals surface area contributed by atoms with Gasteiger partial charge < -0.3 is 20.1 Å². The van der Waals surface area contributed by atoms with E-state index in [0.29, 0.717) is 5.82 Å². The van der Waals surface area contributed by atoms with E-state index in [0.717, 1.165) is 91.6 Å². The molecule has 8 nitrogen and oxygen atoms in total. The SMILES string of the molecule is N#CC(C#N)=C(NCCCN1CCOCC1)NCCCN1CCOCC1. The molecule has 2 heterocycles. The van der Waals surface area contributed by atoms with Crippen molar-refractivity contribution in [1.82, 2.24) is 20.4 Å². The van der Waals surface area contributed by atoms with Crippen LogP contribution in [0.25, 0.3) is 0 Å². The summed E-state index contributed by atoms with van der Waals surface area (Å²) in [7, 11) is 0. The van der Waals surface area contributed by atoms with Gasteiger partial charge in [0, 0.05) is 39.3 Å². The summed E-state index contributed by atoms with van der Waals surface area (Å²) in [4.78, 5) is 4.75. The topological polar surface area (TPSA) is 96.6 Å². The number of nitrogens with one attached hydrogen (secondary N) is 2. The third-order valence-corrected chi connectivity index (χ3v) is 4.59. The number of rotatable bonds is 10. The average molecular weight is 362 g/mol. The molecule has 2 aliphatic rings. The summed E-state index contributed by atoms with van der Waals surface area (Å²) < 4.78 is 10.7. The summed E-state index contributed by atoms with van der Waals surface area (Å²) in [6, 6.07) is 3.94. The first-order chi connectivity index (χ1) is 12.8. The quantitative estimate of drug-likeness (QED) is 0.410. The molecule has 0 aromatic rings. The Morgan fingerprint density at radius 1 is 0.769 bits per heavy atom. The van der Waals surface area contributed by atoms with E-state index in [-0.39, 0.29) is 5.57 Å². The average Bonchev–Trinajstić information content (AvgIpc) is 2.70. The third-order valence-electron chi connectivity index (χ3n) is 4.59. The lowest BCUT2D eigenvalue weighted by Crippen LogP contribution is -2.39. The van der Waals surface area contributed by atoms with Gasteiger partial charge in [-0.1, -0.05) is 0 Å². The largest absolute Gasteiger partial charge is 0.379 e. The van der Waals surface area contributed by atoms with E-state index in [1.165, 1.54) is 0 Å². The zero-order valence-electron chi connectivity index (χ0n) is 15.5. The van der Waals surface area contributed by atoms with Gasteiger partial charge in [0.25, 0.3) is 0 Å². The summed E-state index contributed by atoms with van der Waals surface area (Å²) >= 11 is 0. The van der Waals surface area contributed by atoms with Crippen LogP contribution in [0.3, 0.4) is 0 Å². The molecule has 2 fully saturated rings. The van der Waals surface area contributed by atoms with Crippen molar-refractivity contribution in [3.63, 3.8) is 0 Å². The monoisotopic (exact) mass is 362 g/mol. The number of nitriles is 2. The maximum absolute atomic E-state index is 9.16. The van der Waals surface area contributed by atoms with Crippen molar-refractivity contribution >= 4 is 0 Å². The van der Waals surface area contributed by atoms with Gasteiger partial charge >= 0.3 is 0 Å². The minimum atomic E-state index is 0.114. The Morgan fingerprint density at radius 3 is 1.58 bits per heavy atom. The molecular formula is C18H30N6O2. The molecular weight excluding hydrogens is 332 g/mol. The first-order valence-corrected chi connectivity index (χ1v) is 9.46. The lowest BCUT2D eigenvalue weighted by molar-refractivity contribution is 0.0374. The van der Waals surface area contributed by atoms with Gasteiger partial charge in [0.1, 0.15) is 18.0 Å². The number of hydrogen-bond donors (Lipinski definition) is 2. The van der Waals surface area contributed by atoms with Crippen LogP contribution in [0.5, 0.6) is 0 Å². The molecule has 0 amide bonds. The van der Waals surface area contributed by atoms with Crippen LogP contribution in [-0.4, -0.2) is 88.6 Å².